The number of hydrogen-bond acceptors (Lipinski definition) is 3. The maximum atomic E-state index is 13.4. The molecule has 0 bridgehead atoms. The lowest BCUT2D eigenvalue weighted by molar-refractivity contribution is 0.102. The molecular weight excluding hydrogens is 339 g/mol. The van der Waals surface area contributed by atoms with Gasteiger partial charge in [-0.2, -0.15) is 0 Å². The van der Waals surface area contributed by atoms with Crippen LogP contribution >= 0.6 is 15.9 Å². The van der Waals surface area contributed by atoms with Crippen molar-refractivity contribution in [1.29, 1.82) is 0 Å². The zero-order valence-electron chi connectivity index (χ0n) is 9.75. The number of nitrogen functional groups attached to an aromatic ring is 1. The van der Waals surface area contributed by atoms with Crippen molar-refractivity contribution in [3.05, 3.63) is 51.9 Å². The van der Waals surface area contributed by atoms with Crippen LogP contribution in [0.25, 0.3) is 0 Å². The lowest BCUT2D eigenvalue weighted by Gasteiger charge is -2.09. The number of nitrogens with zero attached hydrogens (tertiary/aromatic N) is 1. The van der Waals surface area contributed by atoms with Crippen LogP contribution in [-0.2, 0) is 0 Å². The van der Waals surface area contributed by atoms with Crippen molar-refractivity contribution in [1.82, 2.24) is 4.98 Å². The molecule has 1 aromatic heterocycles. The summed E-state index contributed by atoms with van der Waals surface area (Å²) >= 11 is 3.09. The zero-order chi connectivity index (χ0) is 14.9. The first-order valence-electron chi connectivity index (χ1n) is 5.25. The Labute approximate surface area is 119 Å². The Morgan fingerprint density at radius 2 is 1.80 bits per heavy atom. The van der Waals surface area contributed by atoms with E-state index in [4.69, 9.17) is 5.73 Å². The van der Waals surface area contributed by atoms with E-state index < -0.39 is 29.0 Å². The second kappa shape index (κ2) is 5.49. The molecule has 0 unspecified atom stereocenters. The number of nitrogens with two attached hydrogens (primary N) is 1. The Balaban J connectivity index is 2.35. The van der Waals surface area contributed by atoms with Crippen molar-refractivity contribution in [2.45, 2.75) is 0 Å². The van der Waals surface area contributed by atoms with Crippen molar-refractivity contribution in [3.8, 4) is 0 Å². The van der Waals surface area contributed by atoms with Gasteiger partial charge in [-0.05, 0) is 22.0 Å². The monoisotopic (exact) mass is 345 g/mol. The van der Waals surface area contributed by atoms with Crippen LogP contribution in [0.1, 0.15) is 10.4 Å². The van der Waals surface area contributed by atoms with Gasteiger partial charge < -0.3 is 11.1 Å². The van der Waals surface area contributed by atoms with E-state index in [1.807, 2.05) is 5.32 Å². The molecule has 2 rings (SSSR count). The smallest absolute Gasteiger partial charge is 0.259 e. The third-order valence-electron chi connectivity index (χ3n) is 2.38. The molecule has 0 aliphatic carbocycles. The van der Waals surface area contributed by atoms with Gasteiger partial charge in [-0.25, -0.2) is 18.2 Å². The van der Waals surface area contributed by atoms with Gasteiger partial charge in [0.05, 0.1) is 5.56 Å². The maximum Gasteiger partial charge on any atom is 0.259 e. The van der Waals surface area contributed by atoms with Crippen LogP contribution in [-0.4, -0.2) is 10.9 Å². The summed E-state index contributed by atoms with van der Waals surface area (Å²) in [6, 6.07) is 2.26. The first-order chi connectivity index (χ1) is 9.38. The Morgan fingerprint density at radius 3 is 2.40 bits per heavy atom. The lowest BCUT2D eigenvalue weighted by atomic mass is 10.2. The molecule has 2 aromatic rings. The molecule has 1 heterocycles. The molecule has 1 aromatic carbocycles. The van der Waals surface area contributed by atoms with Crippen LogP contribution in [0.4, 0.5) is 24.7 Å². The minimum absolute atomic E-state index is 0.0671. The summed E-state index contributed by atoms with van der Waals surface area (Å²) in [6.45, 7) is 0. The number of pyridine rings is 1. The van der Waals surface area contributed by atoms with E-state index >= 15 is 0 Å². The molecule has 0 saturated heterocycles. The van der Waals surface area contributed by atoms with Crippen LogP contribution in [0.2, 0.25) is 0 Å². The number of nitrogens with one attached hydrogen (secondary N) is 1. The molecule has 0 aliphatic rings. The Kier molecular flexibility index (Phi) is 3.93. The van der Waals surface area contributed by atoms with Gasteiger partial charge in [0, 0.05) is 22.8 Å². The van der Waals surface area contributed by atoms with Crippen molar-refractivity contribution in [2.75, 3.05) is 11.1 Å². The Bertz CT molecular complexity index is 671. The number of carbonyl (C=O) groups is 1. The van der Waals surface area contributed by atoms with Crippen molar-refractivity contribution in [2.24, 2.45) is 0 Å². The van der Waals surface area contributed by atoms with Crippen molar-refractivity contribution >= 4 is 33.3 Å². The van der Waals surface area contributed by atoms with Crippen LogP contribution in [0.15, 0.2) is 28.9 Å². The summed E-state index contributed by atoms with van der Waals surface area (Å²) in [5.74, 6) is -4.49. The first-order valence-corrected chi connectivity index (χ1v) is 6.04. The summed E-state index contributed by atoms with van der Waals surface area (Å²) in [7, 11) is 0. The molecule has 104 valence electrons. The topological polar surface area (TPSA) is 68.0 Å². The SMILES string of the molecule is Nc1ncc(Br)cc1C(=O)Nc1c(F)cc(F)cc1F. The molecule has 3 N–H and O–H groups in total. The molecule has 0 aliphatic heterocycles. The fraction of sp³-hybridized carbons (Fsp3) is 0. The molecule has 0 spiro atoms. The van der Waals surface area contributed by atoms with Gasteiger partial charge in [0.1, 0.15) is 17.3 Å². The van der Waals surface area contributed by atoms with E-state index in [2.05, 4.69) is 20.9 Å². The standard InChI is InChI=1S/C12H7BrF3N3O/c13-5-1-7(11(17)18-4-5)12(20)19-10-8(15)2-6(14)3-9(10)16/h1-4H,(H2,17,18)(H,19,20). The van der Waals surface area contributed by atoms with Crippen molar-refractivity contribution < 1.29 is 18.0 Å². The molecule has 0 fully saturated rings. The quantitative estimate of drug-likeness (QED) is 0.878. The normalized spacial score (nSPS) is 10.4. The number of rotatable bonds is 2. The van der Waals surface area contributed by atoms with Crippen LogP contribution in [0.3, 0.4) is 0 Å². The average molecular weight is 346 g/mol. The van der Waals surface area contributed by atoms with E-state index in [0.717, 1.165) is 0 Å². The molecule has 8 heteroatoms. The molecule has 20 heavy (non-hydrogen) atoms. The minimum Gasteiger partial charge on any atom is -0.383 e. The molecule has 0 atom stereocenters. The maximum absolute atomic E-state index is 13.4. The Hall–Kier alpha value is -2.09. The highest BCUT2D eigenvalue weighted by Gasteiger charge is 2.17. The number of amides is 1. The Morgan fingerprint density at radius 1 is 1.20 bits per heavy atom. The van der Waals surface area contributed by atoms with E-state index in [1.165, 1.54) is 12.3 Å². The largest absolute Gasteiger partial charge is 0.383 e. The number of carbonyl (C=O) groups excluding carboxylic acids is 1. The van der Waals surface area contributed by atoms with E-state index in [1.54, 1.807) is 0 Å². The van der Waals surface area contributed by atoms with Gasteiger partial charge in [0.25, 0.3) is 5.91 Å². The van der Waals surface area contributed by atoms with Gasteiger partial charge in [-0.3, -0.25) is 4.79 Å². The number of halogens is 4. The summed E-state index contributed by atoms with van der Waals surface area (Å²) in [4.78, 5) is 15.6. The fourth-order valence-corrected chi connectivity index (χ4v) is 1.81. The zero-order valence-corrected chi connectivity index (χ0v) is 11.3. The minimum atomic E-state index is -1.22. The number of anilines is 2. The molecule has 1 amide bonds. The van der Waals surface area contributed by atoms with Crippen LogP contribution in [0.5, 0.6) is 0 Å². The lowest BCUT2D eigenvalue weighted by Crippen LogP contribution is -2.17. The highest BCUT2D eigenvalue weighted by atomic mass is 79.9. The van der Waals surface area contributed by atoms with Gasteiger partial charge in [-0.1, -0.05) is 0 Å². The molecule has 0 saturated carbocycles. The first kappa shape index (κ1) is 14.3. The predicted molar refractivity (Wildman–Crippen MR) is 70.6 cm³/mol. The number of aromatic nitrogens is 1. The van der Waals surface area contributed by atoms with Crippen LogP contribution in [0, 0.1) is 17.5 Å². The summed E-state index contributed by atoms with van der Waals surface area (Å²) in [6.07, 6.45) is 1.37. The second-order valence-corrected chi connectivity index (χ2v) is 4.70. The van der Waals surface area contributed by atoms with Gasteiger partial charge in [0.15, 0.2) is 11.6 Å². The molecule has 4 nitrogen and oxygen atoms in total. The van der Waals surface area contributed by atoms with Gasteiger partial charge >= 0.3 is 0 Å². The third-order valence-corrected chi connectivity index (χ3v) is 2.81. The predicted octanol–water partition coefficient (Wildman–Crippen LogP) is 3.10. The number of hydrogen-bond donors (Lipinski definition) is 2. The molecular formula is C12H7BrF3N3O. The summed E-state index contributed by atoms with van der Waals surface area (Å²) in [5, 5.41) is 1.99. The number of benzene rings is 1. The fourth-order valence-electron chi connectivity index (χ4n) is 1.47. The van der Waals surface area contributed by atoms with E-state index in [0.29, 0.717) is 16.6 Å². The van der Waals surface area contributed by atoms with Crippen molar-refractivity contribution in [3.63, 3.8) is 0 Å². The summed E-state index contributed by atoms with van der Waals surface area (Å²) < 4.78 is 40.1. The summed E-state index contributed by atoms with van der Waals surface area (Å²) in [5.41, 5.74) is 4.68. The highest BCUT2D eigenvalue weighted by Crippen LogP contribution is 2.22. The van der Waals surface area contributed by atoms with Gasteiger partial charge in [-0.15, -0.1) is 0 Å². The van der Waals surface area contributed by atoms with Gasteiger partial charge in [0.2, 0.25) is 0 Å². The average Bonchev–Trinajstić information content (AvgIpc) is 2.36. The highest BCUT2D eigenvalue weighted by molar-refractivity contribution is 9.10. The third kappa shape index (κ3) is 2.90. The van der Waals surface area contributed by atoms with E-state index in [-0.39, 0.29) is 11.4 Å². The molecule has 0 radical (unpaired) electrons. The van der Waals surface area contributed by atoms with E-state index in [9.17, 15) is 18.0 Å². The van der Waals surface area contributed by atoms with Crippen LogP contribution < -0.4 is 11.1 Å². The second-order valence-electron chi connectivity index (χ2n) is 3.78.